The summed E-state index contributed by atoms with van der Waals surface area (Å²) in [4.78, 5) is 0. The Labute approximate surface area is 102 Å². The van der Waals surface area contributed by atoms with E-state index in [2.05, 4.69) is 19.0 Å². The van der Waals surface area contributed by atoms with Crippen molar-refractivity contribution in [1.29, 1.82) is 0 Å². The van der Waals surface area contributed by atoms with Gasteiger partial charge in [0.2, 0.25) is 0 Å². The van der Waals surface area contributed by atoms with Crippen molar-refractivity contribution >= 4 is 5.84 Å². The Morgan fingerprint density at radius 1 is 1.41 bits per heavy atom. The normalized spacial score (nSPS) is 11.9. The Morgan fingerprint density at radius 3 is 2.59 bits per heavy atom. The lowest BCUT2D eigenvalue weighted by Gasteiger charge is -2.18. The average molecular weight is 236 g/mol. The van der Waals surface area contributed by atoms with Crippen LogP contribution in [-0.4, -0.2) is 17.1 Å². The van der Waals surface area contributed by atoms with E-state index in [0.717, 1.165) is 24.2 Å². The number of rotatable bonds is 5. The Balaban J connectivity index is 2.98. The maximum atomic E-state index is 8.64. The molecule has 0 radical (unpaired) electrons. The SMILES string of the molecule is CCC(CC)Oc1cc(/C(N)=N/O)ccc1C. The summed E-state index contributed by atoms with van der Waals surface area (Å²) in [5.41, 5.74) is 7.27. The molecule has 0 fully saturated rings. The van der Waals surface area contributed by atoms with Crippen LogP contribution in [0.5, 0.6) is 5.75 Å². The van der Waals surface area contributed by atoms with E-state index in [0.29, 0.717) is 5.56 Å². The molecule has 1 aromatic rings. The molecule has 4 heteroatoms. The molecule has 4 nitrogen and oxygen atoms in total. The van der Waals surface area contributed by atoms with Crippen molar-refractivity contribution in [2.45, 2.75) is 39.7 Å². The first-order valence-electron chi connectivity index (χ1n) is 5.87. The highest BCUT2D eigenvalue weighted by Crippen LogP contribution is 2.22. The van der Waals surface area contributed by atoms with Crippen molar-refractivity contribution in [3.8, 4) is 5.75 Å². The number of ether oxygens (including phenoxy) is 1. The van der Waals surface area contributed by atoms with Gasteiger partial charge in [-0.3, -0.25) is 0 Å². The minimum atomic E-state index is 0.0967. The van der Waals surface area contributed by atoms with Crippen LogP contribution in [0, 0.1) is 6.92 Å². The molecule has 0 aliphatic carbocycles. The molecule has 0 saturated heterocycles. The second kappa shape index (κ2) is 6.13. The number of hydrogen-bond donors (Lipinski definition) is 2. The van der Waals surface area contributed by atoms with Gasteiger partial charge >= 0.3 is 0 Å². The lowest BCUT2D eigenvalue weighted by atomic mass is 10.1. The van der Waals surface area contributed by atoms with Gasteiger partial charge in [0.05, 0.1) is 6.10 Å². The number of hydrogen-bond acceptors (Lipinski definition) is 3. The zero-order valence-corrected chi connectivity index (χ0v) is 10.6. The first-order chi connectivity index (χ1) is 8.12. The average Bonchev–Trinajstić information content (AvgIpc) is 2.36. The van der Waals surface area contributed by atoms with E-state index in [1.165, 1.54) is 0 Å². The zero-order chi connectivity index (χ0) is 12.8. The van der Waals surface area contributed by atoms with E-state index in [1.54, 1.807) is 0 Å². The van der Waals surface area contributed by atoms with Crippen LogP contribution in [0.2, 0.25) is 0 Å². The summed E-state index contributed by atoms with van der Waals surface area (Å²) in [5, 5.41) is 11.6. The van der Waals surface area contributed by atoms with Gasteiger partial charge < -0.3 is 15.7 Å². The predicted octanol–water partition coefficient (Wildman–Crippen LogP) is 2.66. The number of amidine groups is 1. The molecule has 0 bridgehead atoms. The summed E-state index contributed by atoms with van der Waals surface area (Å²) >= 11 is 0. The van der Waals surface area contributed by atoms with Gasteiger partial charge in [-0.2, -0.15) is 0 Å². The van der Waals surface area contributed by atoms with Gasteiger partial charge in [0.1, 0.15) is 5.75 Å². The topological polar surface area (TPSA) is 67.8 Å². The molecule has 0 aliphatic heterocycles. The Morgan fingerprint density at radius 2 is 2.06 bits per heavy atom. The summed E-state index contributed by atoms with van der Waals surface area (Å²) in [7, 11) is 0. The van der Waals surface area contributed by atoms with E-state index in [4.69, 9.17) is 15.7 Å². The second-order valence-corrected chi connectivity index (χ2v) is 4.02. The molecule has 0 unspecified atom stereocenters. The monoisotopic (exact) mass is 236 g/mol. The van der Waals surface area contributed by atoms with Crippen molar-refractivity contribution in [3.05, 3.63) is 29.3 Å². The molecule has 0 heterocycles. The Hall–Kier alpha value is -1.71. The largest absolute Gasteiger partial charge is 0.490 e. The van der Waals surface area contributed by atoms with Crippen LogP contribution < -0.4 is 10.5 Å². The molecule has 1 rings (SSSR count). The minimum absolute atomic E-state index is 0.0967. The first kappa shape index (κ1) is 13.4. The van der Waals surface area contributed by atoms with E-state index in [-0.39, 0.29) is 11.9 Å². The van der Waals surface area contributed by atoms with Gasteiger partial charge in [0.15, 0.2) is 5.84 Å². The van der Waals surface area contributed by atoms with Crippen molar-refractivity contribution in [2.24, 2.45) is 10.9 Å². The molecule has 94 valence electrons. The van der Waals surface area contributed by atoms with Gasteiger partial charge in [-0.25, -0.2) is 0 Å². The van der Waals surface area contributed by atoms with Gasteiger partial charge in [0.25, 0.3) is 0 Å². The fraction of sp³-hybridized carbons (Fsp3) is 0.462. The lowest BCUT2D eigenvalue weighted by Crippen LogP contribution is -2.16. The third-order valence-electron chi connectivity index (χ3n) is 2.80. The van der Waals surface area contributed by atoms with Crippen LogP contribution in [0.1, 0.15) is 37.8 Å². The molecule has 1 aromatic carbocycles. The fourth-order valence-corrected chi connectivity index (χ4v) is 1.58. The summed E-state index contributed by atoms with van der Waals surface area (Å²) in [6.07, 6.45) is 2.13. The number of nitrogens with two attached hydrogens (primary N) is 1. The number of oxime groups is 1. The van der Waals surface area contributed by atoms with Crippen LogP contribution in [0.25, 0.3) is 0 Å². The van der Waals surface area contributed by atoms with Crippen LogP contribution in [0.4, 0.5) is 0 Å². The molecular weight excluding hydrogens is 216 g/mol. The molecular formula is C13H20N2O2. The molecule has 0 saturated carbocycles. The van der Waals surface area contributed by atoms with Gasteiger partial charge in [-0.05, 0) is 31.4 Å². The molecule has 17 heavy (non-hydrogen) atoms. The Bertz CT molecular complexity index is 398. The summed E-state index contributed by atoms with van der Waals surface area (Å²) in [6.45, 7) is 6.17. The third-order valence-corrected chi connectivity index (χ3v) is 2.80. The quantitative estimate of drug-likeness (QED) is 0.357. The van der Waals surface area contributed by atoms with Crippen LogP contribution >= 0.6 is 0 Å². The maximum absolute atomic E-state index is 8.64. The smallest absolute Gasteiger partial charge is 0.170 e. The highest BCUT2D eigenvalue weighted by molar-refractivity contribution is 5.97. The fourth-order valence-electron chi connectivity index (χ4n) is 1.58. The van der Waals surface area contributed by atoms with E-state index in [9.17, 15) is 0 Å². The molecule has 0 atom stereocenters. The van der Waals surface area contributed by atoms with Gasteiger partial charge in [0, 0.05) is 5.56 Å². The van der Waals surface area contributed by atoms with E-state index in [1.807, 2.05) is 25.1 Å². The van der Waals surface area contributed by atoms with Crippen molar-refractivity contribution in [2.75, 3.05) is 0 Å². The second-order valence-electron chi connectivity index (χ2n) is 4.02. The standard InChI is InChI=1S/C13H20N2O2/c1-4-11(5-2)17-12-8-10(13(14)15-16)7-6-9(12)3/h6-8,11,16H,4-5H2,1-3H3,(H2,14,15). The third kappa shape index (κ3) is 3.37. The molecule has 0 aliphatic rings. The predicted molar refractivity (Wildman–Crippen MR) is 68.7 cm³/mol. The minimum Gasteiger partial charge on any atom is -0.490 e. The molecule has 0 amide bonds. The van der Waals surface area contributed by atoms with Crippen molar-refractivity contribution < 1.29 is 9.94 Å². The number of benzene rings is 1. The van der Waals surface area contributed by atoms with Crippen LogP contribution in [-0.2, 0) is 0 Å². The van der Waals surface area contributed by atoms with Crippen molar-refractivity contribution in [3.63, 3.8) is 0 Å². The van der Waals surface area contributed by atoms with Gasteiger partial charge in [-0.1, -0.05) is 31.1 Å². The van der Waals surface area contributed by atoms with E-state index >= 15 is 0 Å². The highest BCUT2D eigenvalue weighted by atomic mass is 16.5. The van der Waals surface area contributed by atoms with Gasteiger partial charge in [-0.15, -0.1) is 0 Å². The highest BCUT2D eigenvalue weighted by Gasteiger charge is 2.09. The first-order valence-corrected chi connectivity index (χ1v) is 5.87. The van der Waals surface area contributed by atoms with Crippen LogP contribution in [0.15, 0.2) is 23.4 Å². The maximum Gasteiger partial charge on any atom is 0.170 e. The summed E-state index contributed by atoms with van der Waals surface area (Å²) < 4.78 is 5.89. The molecule has 3 N–H and O–H groups in total. The van der Waals surface area contributed by atoms with E-state index < -0.39 is 0 Å². The number of aryl methyl sites for hydroxylation is 1. The molecule has 0 spiro atoms. The summed E-state index contributed by atoms with van der Waals surface area (Å²) in [6, 6.07) is 5.53. The number of nitrogens with zero attached hydrogens (tertiary/aromatic N) is 1. The summed E-state index contributed by atoms with van der Waals surface area (Å²) in [5.74, 6) is 0.891. The lowest BCUT2D eigenvalue weighted by molar-refractivity contribution is 0.191. The Kier molecular flexibility index (Phi) is 4.82. The van der Waals surface area contributed by atoms with Crippen molar-refractivity contribution in [1.82, 2.24) is 0 Å². The van der Waals surface area contributed by atoms with Crippen LogP contribution in [0.3, 0.4) is 0 Å². The molecule has 0 aromatic heterocycles. The zero-order valence-electron chi connectivity index (χ0n) is 10.6.